The first-order valence-electron chi connectivity index (χ1n) is 6.60. The van der Waals surface area contributed by atoms with Gasteiger partial charge in [0.25, 0.3) is 0 Å². The molecule has 2 N–H and O–H groups in total. The molecule has 2 rings (SSSR count). The molecule has 0 aromatic heterocycles. The van der Waals surface area contributed by atoms with Crippen LogP contribution in [0.2, 0.25) is 0 Å². The minimum atomic E-state index is -0.0640. The summed E-state index contributed by atoms with van der Waals surface area (Å²) in [5.41, 5.74) is 1.60. The Balaban J connectivity index is 2.22. The zero-order chi connectivity index (χ0) is 15.2. The molecule has 0 radical (unpaired) electrons. The van der Waals surface area contributed by atoms with E-state index in [1.54, 1.807) is 30.3 Å². The Bertz CT molecular complexity index is 613. The molecule has 0 saturated heterocycles. The average Bonchev–Trinajstić information content (AvgIpc) is 2.46. The topological polar surface area (TPSA) is 58.9 Å². The molecule has 0 fully saturated rings. The lowest BCUT2D eigenvalue weighted by Crippen LogP contribution is -2.01. The summed E-state index contributed by atoms with van der Waals surface area (Å²) in [7, 11) is 0. The van der Waals surface area contributed by atoms with Crippen molar-refractivity contribution in [1.29, 1.82) is 0 Å². The minimum Gasteiger partial charge on any atom is -0.508 e. The van der Waals surface area contributed by atoms with Crippen LogP contribution in [0.1, 0.15) is 18.1 Å². The van der Waals surface area contributed by atoms with E-state index in [2.05, 4.69) is 15.9 Å². The highest BCUT2D eigenvalue weighted by Crippen LogP contribution is 2.37. The van der Waals surface area contributed by atoms with E-state index in [1.807, 2.05) is 13.0 Å². The number of aromatic hydroxyl groups is 1. The number of benzene rings is 2. The van der Waals surface area contributed by atoms with Gasteiger partial charge in [0.15, 0.2) is 11.5 Å². The van der Waals surface area contributed by atoms with Crippen molar-refractivity contribution in [3.05, 3.63) is 52.0 Å². The molecule has 0 amide bonds. The molecule has 5 heteroatoms. The van der Waals surface area contributed by atoms with Crippen molar-refractivity contribution in [2.24, 2.45) is 0 Å². The van der Waals surface area contributed by atoms with Crippen LogP contribution in [0.15, 0.2) is 40.9 Å². The molecule has 21 heavy (non-hydrogen) atoms. The molecule has 0 bridgehead atoms. The molecule has 0 saturated carbocycles. The normalized spacial score (nSPS) is 10.4. The van der Waals surface area contributed by atoms with Gasteiger partial charge in [-0.15, -0.1) is 0 Å². The van der Waals surface area contributed by atoms with Crippen LogP contribution < -0.4 is 9.47 Å². The molecule has 0 aliphatic heterocycles. The van der Waals surface area contributed by atoms with Crippen molar-refractivity contribution in [1.82, 2.24) is 0 Å². The first kappa shape index (κ1) is 15.7. The van der Waals surface area contributed by atoms with Crippen LogP contribution in [0.5, 0.6) is 17.2 Å². The molecule has 2 aromatic carbocycles. The quantitative estimate of drug-likeness (QED) is 0.833. The van der Waals surface area contributed by atoms with Gasteiger partial charge in [0.2, 0.25) is 0 Å². The Labute approximate surface area is 132 Å². The van der Waals surface area contributed by atoms with Crippen LogP contribution >= 0.6 is 15.9 Å². The van der Waals surface area contributed by atoms with E-state index in [0.29, 0.717) is 24.7 Å². The SMILES string of the molecule is CCOc1cc(CO)cc(Br)c1OCc1cccc(O)c1. The summed E-state index contributed by atoms with van der Waals surface area (Å²) >= 11 is 3.43. The van der Waals surface area contributed by atoms with E-state index in [0.717, 1.165) is 15.6 Å². The van der Waals surface area contributed by atoms with Gasteiger partial charge < -0.3 is 19.7 Å². The number of hydrogen-bond acceptors (Lipinski definition) is 4. The van der Waals surface area contributed by atoms with Gasteiger partial charge >= 0.3 is 0 Å². The monoisotopic (exact) mass is 352 g/mol. The van der Waals surface area contributed by atoms with Crippen molar-refractivity contribution in [2.75, 3.05) is 6.61 Å². The Morgan fingerprint density at radius 2 is 1.90 bits per heavy atom. The molecule has 0 aliphatic rings. The van der Waals surface area contributed by atoms with Crippen molar-refractivity contribution in [3.8, 4) is 17.2 Å². The maximum atomic E-state index is 9.45. The molecule has 0 aliphatic carbocycles. The van der Waals surface area contributed by atoms with Crippen molar-refractivity contribution in [2.45, 2.75) is 20.1 Å². The van der Waals surface area contributed by atoms with Gasteiger partial charge in [0, 0.05) is 0 Å². The van der Waals surface area contributed by atoms with E-state index in [-0.39, 0.29) is 12.4 Å². The number of ether oxygens (including phenoxy) is 2. The Morgan fingerprint density at radius 1 is 1.10 bits per heavy atom. The molecule has 0 spiro atoms. The lowest BCUT2D eigenvalue weighted by molar-refractivity contribution is 0.262. The highest BCUT2D eigenvalue weighted by molar-refractivity contribution is 9.10. The van der Waals surface area contributed by atoms with Crippen LogP contribution in [0, 0.1) is 0 Å². The van der Waals surface area contributed by atoms with Crippen LogP contribution in [0.4, 0.5) is 0 Å². The lowest BCUT2D eigenvalue weighted by atomic mass is 10.2. The second-order valence-electron chi connectivity index (χ2n) is 4.45. The summed E-state index contributed by atoms with van der Waals surface area (Å²) < 4.78 is 12.1. The van der Waals surface area contributed by atoms with Crippen LogP contribution in [0.25, 0.3) is 0 Å². The second-order valence-corrected chi connectivity index (χ2v) is 5.31. The summed E-state index contributed by atoms with van der Waals surface area (Å²) in [6.45, 7) is 2.64. The number of phenols is 1. The highest BCUT2D eigenvalue weighted by Gasteiger charge is 2.12. The summed E-state index contributed by atoms with van der Waals surface area (Å²) in [6.07, 6.45) is 0. The lowest BCUT2D eigenvalue weighted by Gasteiger charge is -2.15. The number of halogens is 1. The number of rotatable bonds is 6. The minimum absolute atomic E-state index is 0.0640. The molecule has 0 unspecified atom stereocenters. The number of aliphatic hydroxyl groups excluding tert-OH is 1. The van der Waals surface area contributed by atoms with Crippen LogP contribution in [-0.4, -0.2) is 16.8 Å². The third-order valence-electron chi connectivity index (χ3n) is 2.85. The van der Waals surface area contributed by atoms with Gasteiger partial charge in [0.1, 0.15) is 12.4 Å². The number of aliphatic hydroxyl groups is 1. The van der Waals surface area contributed by atoms with Gasteiger partial charge in [-0.05, 0) is 58.2 Å². The first-order chi connectivity index (χ1) is 10.1. The van der Waals surface area contributed by atoms with Gasteiger partial charge in [-0.1, -0.05) is 12.1 Å². The number of phenolic OH excluding ortho intramolecular Hbond substituents is 1. The fourth-order valence-electron chi connectivity index (χ4n) is 1.92. The summed E-state index contributed by atoms with van der Waals surface area (Å²) in [5.74, 6) is 1.37. The van der Waals surface area contributed by atoms with Crippen molar-refractivity contribution in [3.63, 3.8) is 0 Å². The maximum Gasteiger partial charge on any atom is 0.175 e. The van der Waals surface area contributed by atoms with Gasteiger partial charge in [-0.25, -0.2) is 0 Å². The molecule has 2 aromatic rings. The van der Waals surface area contributed by atoms with Gasteiger partial charge in [-0.3, -0.25) is 0 Å². The van der Waals surface area contributed by atoms with E-state index in [9.17, 15) is 10.2 Å². The Morgan fingerprint density at radius 3 is 2.57 bits per heavy atom. The highest BCUT2D eigenvalue weighted by atomic mass is 79.9. The Kier molecular flexibility index (Phi) is 5.47. The largest absolute Gasteiger partial charge is 0.508 e. The molecular weight excluding hydrogens is 336 g/mol. The van der Waals surface area contributed by atoms with Gasteiger partial charge in [-0.2, -0.15) is 0 Å². The molecule has 0 atom stereocenters. The van der Waals surface area contributed by atoms with Crippen LogP contribution in [-0.2, 0) is 13.2 Å². The van der Waals surface area contributed by atoms with E-state index < -0.39 is 0 Å². The molecule has 4 nitrogen and oxygen atoms in total. The predicted octanol–water partition coefficient (Wildman–Crippen LogP) is 3.62. The fraction of sp³-hybridized carbons (Fsp3) is 0.250. The predicted molar refractivity (Wildman–Crippen MR) is 83.7 cm³/mol. The van der Waals surface area contributed by atoms with E-state index in [4.69, 9.17) is 9.47 Å². The molecular formula is C16H17BrO4. The third-order valence-corrected chi connectivity index (χ3v) is 3.43. The summed E-state index contributed by atoms with van der Waals surface area (Å²) in [4.78, 5) is 0. The number of hydrogen-bond donors (Lipinski definition) is 2. The summed E-state index contributed by atoms with van der Waals surface area (Å²) in [5, 5.41) is 18.7. The van der Waals surface area contributed by atoms with Crippen LogP contribution in [0.3, 0.4) is 0 Å². The molecule has 0 heterocycles. The maximum absolute atomic E-state index is 9.45. The second kappa shape index (κ2) is 7.33. The summed E-state index contributed by atoms with van der Waals surface area (Å²) in [6, 6.07) is 10.4. The van der Waals surface area contributed by atoms with E-state index >= 15 is 0 Å². The Hall–Kier alpha value is -1.72. The van der Waals surface area contributed by atoms with Crippen molar-refractivity contribution < 1.29 is 19.7 Å². The zero-order valence-electron chi connectivity index (χ0n) is 11.7. The smallest absolute Gasteiger partial charge is 0.175 e. The fourth-order valence-corrected chi connectivity index (χ4v) is 2.52. The third kappa shape index (κ3) is 4.12. The standard InChI is InChI=1S/C16H17BrO4/c1-2-20-15-8-12(9-18)7-14(17)16(15)21-10-11-4-3-5-13(19)6-11/h3-8,18-19H,2,9-10H2,1H3. The van der Waals surface area contributed by atoms with Crippen molar-refractivity contribution >= 4 is 15.9 Å². The first-order valence-corrected chi connectivity index (χ1v) is 7.40. The van der Waals surface area contributed by atoms with E-state index in [1.165, 1.54) is 0 Å². The zero-order valence-corrected chi connectivity index (χ0v) is 13.3. The van der Waals surface area contributed by atoms with Gasteiger partial charge in [0.05, 0.1) is 17.7 Å². The molecule has 112 valence electrons. The average molecular weight is 353 g/mol.